The topological polar surface area (TPSA) is 120 Å². The van der Waals surface area contributed by atoms with Gasteiger partial charge in [0.05, 0.1) is 11.5 Å². The fraction of sp³-hybridized carbons (Fsp3) is 0.176. The van der Waals surface area contributed by atoms with Crippen LogP contribution in [0, 0.1) is 10.1 Å². The van der Waals surface area contributed by atoms with Gasteiger partial charge in [-0.2, -0.15) is 0 Å². The van der Waals surface area contributed by atoms with Gasteiger partial charge in [0.2, 0.25) is 0 Å². The molecule has 136 valence electrons. The number of hydrogen-bond acceptors (Lipinski definition) is 6. The molecule has 2 N–H and O–H groups in total. The fourth-order valence-electron chi connectivity index (χ4n) is 2.02. The van der Waals surface area contributed by atoms with E-state index in [1.807, 2.05) is 0 Å². The Balaban J connectivity index is 1.94. The first-order valence-corrected chi connectivity index (χ1v) is 7.59. The van der Waals surface area contributed by atoms with E-state index in [1.165, 1.54) is 36.4 Å². The number of hydrogen-bond donors (Lipinski definition) is 2. The minimum Gasteiger partial charge on any atom is -0.491 e. The third-order valence-corrected chi connectivity index (χ3v) is 3.31. The molecule has 0 atom stereocenters. The number of methoxy groups -OCH3 is 1. The second kappa shape index (κ2) is 9.14. The molecule has 0 aromatic heterocycles. The van der Waals surface area contributed by atoms with E-state index in [1.54, 1.807) is 19.2 Å². The number of ether oxygens (including phenoxy) is 2. The van der Waals surface area contributed by atoms with Crippen LogP contribution in [0.1, 0.15) is 20.7 Å². The van der Waals surface area contributed by atoms with Gasteiger partial charge in [0, 0.05) is 18.7 Å². The number of amides is 2. The standard InChI is InChI=1S/C17H17N3O6/c1-25-10-11-26-13-8-6-12(7-9-13)16(21)18-19-17(22)14-4-2-3-5-15(14)20(23)24/h2-9H,10-11H2,1H3,(H,18,21)(H,19,22). The average Bonchev–Trinajstić information content (AvgIpc) is 2.66. The summed E-state index contributed by atoms with van der Waals surface area (Å²) in [6.45, 7) is 0.827. The summed E-state index contributed by atoms with van der Waals surface area (Å²) in [5.41, 5.74) is 4.15. The molecule has 0 spiro atoms. The summed E-state index contributed by atoms with van der Waals surface area (Å²) in [5.74, 6) is -0.784. The normalized spacial score (nSPS) is 10.0. The highest BCUT2D eigenvalue weighted by atomic mass is 16.6. The molecule has 0 aliphatic heterocycles. The second-order valence-electron chi connectivity index (χ2n) is 5.05. The van der Waals surface area contributed by atoms with Crippen molar-refractivity contribution in [2.45, 2.75) is 0 Å². The maximum absolute atomic E-state index is 12.1. The summed E-state index contributed by atoms with van der Waals surface area (Å²) < 4.78 is 10.3. The maximum Gasteiger partial charge on any atom is 0.282 e. The Hall–Kier alpha value is -3.46. The number of para-hydroxylation sites is 1. The minimum atomic E-state index is -0.787. The van der Waals surface area contributed by atoms with E-state index in [9.17, 15) is 19.7 Å². The highest BCUT2D eigenvalue weighted by molar-refractivity contribution is 6.01. The third kappa shape index (κ3) is 5.02. The molecule has 0 aliphatic rings. The predicted octanol–water partition coefficient (Wildman–Crippen LogP) is 1.69. The molecule has 0 radical (unpaired) electrons. The Morgan fingerprint density at radius 2 is 1.65 bits per heavy atom. The molecule has 9 nitrogen and oxygen atoms in total. The van der Waals surface area contributed by atoms with Gasteiger partial charge in [-0.1, -0.05) is 12.1 Å². The molecule has 2 rings (SSSR count). The number of rotatable bonds is 7. The lowest BCUT2D eigenvalue weighted by atomic mass is 10.2. The van der Waals surface area contributed by atoms with Gasteiger partial charge in [0.15, 0.2) is 0 Å². The summed E-state index contributed by atoms with van der Waals surface area (Å²) in [6.07, 6.45) is 0. The van der Waals surface area contributed by atoms with Crippen molar-refractivity contribution in [2.24, 2.45) is 0 Å². The number of carbonyl (C=O) groups excluding carboxylic acids is 2. The average molecular weight is 359 g/mol. The molecule has 0 bridgehead atoms. The lowest BCUT2D eigenvalue weighted by Gasteiger charge is -2.09. The Bertz CT molecular complexity index is 791. The zero-order valence-corrected chi connectivity index (χ0v) is 13.9. The lowest BCUT2D eigenvalue weighted by molar-refractivity contribution is -0.385. The smallest absolute Gasteiger partial charge is 0.282 e. The van der Waals surface area contributed by atoms with Crippen LogP contribution in [0.4, 0.5) is 5.69 Å². The fourth-order valence-corrected chi connectivity index (χ4v) is 2.02. The molecule has 2 amide bonds. The van der Waals surface area contributed by atoms with Crippen LogP contribution < -0.4 is 15.6 Å². The van der Waals surface area contributed by atoms with E-state index in [0.717, 1.165) is 0 Å². The lowest BCUT2D eigenvalue weighted by Crippen LogP contribution is -2.41. The van der Waals surface area contributed by atoms with E-state index in [-0.39, 0.29) is 16.8 Å². The van der Waals surface area contributed by atoms with Crippen molar-refractivity contribution in [1.82, 2.24) is 10.9 Å². The van der Waals surface area contributed by atoms with Crippen molar-refractivity contribution in [3.05, 3.63) is 69.8 Å². The molecule has 26 heavy (non-hydrogen) atoms. The van der Waals surface area contributed by atoms with Crippen LogP contribution in [0.5, 0.6) is 5.75 Å². The monoisotopic (exact) mass is 359 g/mol. The van der Waals surface area contributed by atoms with Crippen LogP contribution in [-0.4, -0.2) is 37.1 Å². The molecular formula is C17H17N3O6. The molecule has 9 heteroatoms. The highest BCUT2D eigenvalue weighted by Gasteiger charge is 2.19. The van der Waals surface area contributed by atoms with Gasteiger partial charge in [-0.3, -0.25) is 30.6 Å². The first-order chi connectivity index (χ1) is 12.5. The molecule has 0 unspecified atom stereocenters. The Labute approximate surface area is 149 Å². The minimum absolute atomic E-state index is 0.153. The van der Waals surface area contributed by atoms with Crippen molar-refractivity contribution >= 4 is 17.5 Å². The van der Waals surface area contributed by atoms with Gasteiger partial charge >= 0.3 is 0 Å². The predicted molar refractivity (Wildman–Crippen MR) is 91.8 cm³/mol. The first kappa shape index (κ1) is 18.9. The zero-order chi connectivity index (χ0) is 18.9. The van der Waals surface area contributed by atoms with Crippen molar-refractivity contribution in [3.8, 4) is 5.75 Å². The molecule has 0 saturated heterocycles. The third-order valence-electron chi connectivity index (χ3n) is 3.31. The Kier molecular flexibility index (Phi) is 6.63. The van der Waals surface area contributed by atoms with Gasteiger partial charge in [0.1, 0.15) is 17.9 Å². The molecular weight excluding hydrogens is 342 g/mol. The summed E-state index contributed by atoms with van der Waals surface area (Å²) in [4.78, 5) is 34.4. The summed E-state index contributed by atoms with van der Waals surface area (Å²) >= 11 is 0. The van der Waals surface area contributed by atoms with E-state index in [0.29, 0.717) is 19.0 Å². The van der Waals surface area contributed by atoms with Crippen LogP contribution in [-0.2, 0) is 4.74 Å². The second-order valence-corrected chi connectivity index (χ2v) is 5.05. The quantitative estimate of drug-likeness (QED) is 0.441. The Morgan fingerprint density at radius 1 is 1.00 bits per heavy atom. The summed E-state index contributed by atoms with van der Waals surface area (Å²) in [7, 11) is 1.56. The van der Waals surface area contributed by atoms with E-state index < -0.39 is 16.7 Å². The van der Waals surface area contributed by atoms with Crippen molar-refractivity contribution in [2.75, 3.05) is 20.3 Å². The number of hydrazine groups is 1. The van der Waals surface area contributed by atoms with E-state index in [4.69, 9.17) is 9.47 Å². The molecule has 0 heterocycles. The number of carbonyl (C=O) groups is 2. The highest BCUT2D eigenvalue weighted by Crippen LogP contribution is 2.17. The molecule has 0 aliphatic carbocycles. The van der Waals surface area contributed by atoms with Gasteiger partial charge in [-0.25, -0.2) is 0 Å². The Morgan fingerprint density at radius 3 is 2.31 bits per heavy atom. The molecule has 0 saturated carbocycles. The summed E-state index contributed by atoms with van der Waals surface area (Å²) in [6, 6.07) is 11.7. The number of nitro benzene ring substituents is 1. The van der Waals surface area contributed by atoms with Crippen LogP contribution in [0.2, 0.25) is 0 Å². The van der Waals surface area contributed by atoms with Crippen molar-refractivity contribution < 1.29 is 24.0 Å². The molecule has 0 fully saturated rings. The van der Waals surface area contributed by atoms with Crippen LogP contribution in [0.15, 0.2) is 48.5 Å². The van der Waals surface area contributed by atoms with Crippen LogP contribution in [0.3, 0.4) is 0 Å². The number of benzene rings is 2. The molecule has 2 aromatic rings. The van der Waals surface area contributed by atoms with Gasteiger partial charge < -0.3 is 9.47 Å². The summed E-state index contributed by atoms with van der Waals surface area (Å²) in [5, 5.41) is 10.9. The first-order valence-electron chi connectivity index (χ1n) is 7.59. The largest absolute Gasteiger partial charge is 0.491 e. The van der Waals surface area contributed by atoms with E-state index >= 15 is 0 Å². The number of nitrogens with zero attached hydrogens (tertiary/aromatic N) is 1. The van der Waals surface area contributed by atoms with Gasteiger partial charge in [-0.05, 0) is 30.3 Å². The van der Waals surface area contributed by atoms with Crippen LogP contribution >= 0.6 is 0 Å². The van der Waals surface area contributed by atoms with Crippen LogP contribution in [0.25, 0.3) is 0 Å². The number of nitrogens with one attached hydrogen (secondary N) is 2. The van der Waals surface area contributed by atoms with Gasteiger partial charge in [-0.15, -0.1) is 0 Å². The zero-order valence-electron chi connectivity index (χ0n) is 13.9. The van der Waals surface area contributed by atoms with Crippen molar-refractivity contribution in [3.63, 3.8) is 0 Å². The van der Waals surface area contributed by atoms with E-state index in [2.05, 4.69) is 10.9 Å². The number of nitro groups is 1. The van der Waals surface area contributed by atoms with Gasteiger partial charge in [0.25, 0.3) is 17.5 Å². The maximum atomic E-state index is 12.1. The molecule has 2 aromatic carbocycles. The van der Waals surface area contributed by atoms with Crippen molar-refractivity contribution in [1.29, 1.82) is 0 Å². The SMILES string of the molecule is COCCOc1ccc(C(=O)NNC(=O)c2ccccc2[N+](=O)[O-])cc1.